The van der Waals surface area contributed by atoms with Gasteiger partial charge in [-0.1, -0.05) is 109 Å². The second kappa shape index (κ2) is 10.9. The van der Waals surface area contributed by atoms with Gasteiger partial charge < -0.3 is 9.32 Å². The van der Waals surface area contributed by atoms with Crippen molar-refractivity contribution in [2.24, 2.45) is 0 Å². The SMILES string of the molecule is Cc1cc2c(c(-c3cccc(N(c4ccccc4)c4ccccc4)c3-c3cccc4oc5ccccc5c34)c1C)Cc1ccccc1-2. The van der Waals surface area contributed by atoms with E-state index in [-0.39, 0.29) is 0 Å². The fourth-order valence-electron chi connectivity index (χ4n) is 7.67. The molecule has 2 nitrogen and oxygen atoms in total. The number of anilines is 3. The standard InChI is InChI=1S/C45H33NO/c1-29-27-38-34-20-10-9-15-31(34)28-39(38)43(30(29)2)36-22-13-24-40(46(32-16-5-3-6-17-32)33-18-7-4-8-19-33)44(36)37-23-14-26-42-45(37)35-21-11-12-25-41(35)47-42/h3-27H,28H2,1-2H3. The van der Waals surface area contributed by atoms with E-state index in [4.69, 9.17) is 4.42 Å². The van der Waals surface area contributed by atoms with E-state index in [1.165, 1.54) is 55.6 Å². The lowest BCUT2D eigenvalue weighted by atomic mass is 9.83. The molecule has 0 saturated carbocycles. The van der Waals surface area contributed by atoms with Gasteiger partial charge in [0.15, 0.2) is 0 Å². The van der Waals surface area contributed by atoms with Crippen LogP contribution >= 0.6 is 0 Å². The Morgan fingerprint density at radius 3 is 1.91 bits per heavy atom. The largest absolute Gasteiger partial charge is 0.456 e. The number of rotatable bonds is 5. The average Bonchev–Trinajstić information content (AvgIpc) is 3.68. The molecule has 47 heavy (non-hydrogen) atoms. The zero-order valence-corrected chi connectivity index (χ0v) is 26.5. The fourth-order valence-corrected chi connectivity index (χ4v) is 7.67. The Labute approximate surface area is 275 Å². The Hall–Kier alpha value is -5.86. The van der Waals surface area contributed by atoms with E-state index in [2.05, 4.69) is 164 Å². The van der Waals surface area contributed by atoms with Gasteiger partial charge in [0.1, 0.15) is 11.2 Å². The number of para-hydroxylation sites is 3. The third-order valence-corrected chi connectivity index (χ3v) is 9.88. The van der Waals surface area contributed by atoms with E-state index in [9.17, 15) is 0 Å². The maximum Gasteiger partial charge on any atom is 0.136 e. The van der Waals surface area contributed by atoms with Crippen LogP contribution in [-0.4, -0.2) is 0 Å². The van der Waals surface area contributed by atoms with Gasteiger partial charge in [0.05, 0.1) is 5.69 Å². The Morgan fingerprint density at radius 1 is 0.511 bits per heavy atom. The molecule has 0 radical (unpaired) electrons. The molecule has 0 saturated heterocycles. The van der Waals surface area contributed by atoms with Crippen molar-refractivity contribution < 1.29 is 4.42 Å². The highest BCUT2D eigenvalue weighted by atomic mass is 16.3. The predicted octanol–water partition coefficient (Wildman–Crippen LogP) is 12.6. The summed E-state index contributed by atoms with van der Waals surface area (Å²) in [7, 11) is 0. The molecule has 0 unspecified atom stereocenters. The van der Waals surface area contributed by atoms with Crippen LogP contribution in [0.25, 0.3) is 55.3 Å². The van der Waals surface area contributed by atoms with Gasteiger partial charge in [-0.25, -0.2) is 0 Å². The van der Waals surface area contributed by atoms with Gasteiger partial charge in [0.2, 0.25) is 0 Å². The van der Waals surface area contributed by atoms with Crippen LogP contribution in [-0.2, 0) is 6.42 Å². The van der Waals surface area contributed by atoms with Crippen LogP contribution in [0.2, 0.25) is 0 Å². The van der Waals surface area contributed by atoms with Crippen molar-refractivity contribution in [3.63, 3.8) is 0 Å². The van der Waals surface area contributed by atoms with Crippen molar-refractivity contribution in [2.45, 2.75) is 20.3 Å². The van der Waals surface area contributed by atoms with Crippen LogP contribution in [0.3, 0.4) is 0 Å². The quantitative estimate of drug-likeness (QED) is 0.195. The van der Waals surface area contributed by atoms with Crippen LogP contribution in [0.4, 0.5) is 17.1 Å². The molecule has 0 N–H and O–H groups in total. The van der Waals surface area contributed by atoms with Crippen molar-refractivity contribution >= 4 is 39.0 Å². The molecule has 0 aliphatic heterocycles. The monoisotopic (exact) mass is 603 g/mol. The highest BCUT2D eigenvalue weighted by molar-refractivity contribution is 6.16. The predicted molar refractivity (Wildman–Crippen MR) is 197 cm³/mol. The van der Waals surface area contributed by atoms with Gasteiger partial charge in [0, 0.05) is 27.7 Å². The molecule has 2 heteroatoms. The van der Waals surface area contributed by atoms with Crippen molar-refractivity contribution in [3.05, 3.63) is 174 Å². The smallest absolute Gasteiger partial charge is 0.136 e. The molecule has 1 aliphatic rings. The fraction of sp³-hybridized carbons (Fsp3) is 0.0667. The molecule has 0 atom stereocenters. The van der Waals surface area contributed by atoms with Gasteiger partial charge in [0.25, 0.3) is 0 Å². The first-order valence-corrected chi connectivity index (χ1v) is 16.3. The molecule has 8 aromatic rings. The zero-order valence-electron chi connectivity index (χ0n) is 26.5. The molecule has 1 aromatic heterocycles. The molecule has 9 rings (SSSR count). The second-order valence-electron chi connectivity index (χ2n) is 12.5. The van der Waals surface area contributed by atoms with Gasteiger partial charge in [-0.2, -0.15) is 0 Å². The maximum atomic E-state index is 6.48. The first kappa shape index (κ1) is 27.5. The number of furan rings is 1. The third-order valence-electron chi connectivity index (χ3n) is 9.88. The topological polar surface area (TPSA) is 16.4 Å². The van der Waals surface area contributed by atoms with Crippen molar-refractivity contribution in [1.82, 2.24) is 0 Å². The Bertz CT molecular complexity index is 2410. The van der Waals surface area contributed by atoms with Crippen molar-refractivity contribution in [1.29, 1.82) is 0 Å². The first-order chi connectivity index (χ1) is 23.2. The van der Waals surface area contributed by atoms with E-state index >= 15 is 0 Å². The van der Waals surface area contributed by atoms with E-state index in [1.54, 1.807) is 0 Å². The van der Waals surface area contributed by atoms with E-state index in [1.807, 2.05) is 6.07 Å². The molecule has 0 fully saturated rings. The van der Waals surface area contributed by atoms with E-state index < -0.39 is 0 Å². The van der Waals surface area contributed by atoms with Gasteiger partial charge >= 0.3 is 0 Å². The summed E-state index contributed by atoms with van der Waals surface area (Å²) in [5, 5.41) is 2.27. The molecule has 7 aromatic carbocycles. The normalized spacial score (nSPS) is 12.0. The summed E-state index contributed by atoms with van der Waals surface area (Å²) >= 11 is 0. The van der Waals surface area contributed by atoms with Gasteiger partial charge in [-0.15, -0.1) is 0 Å². The first-order valence-electron chi connectivity index (χ1n) is 16.3. The summed E-state index contributed by atoms with van der Waals surface area (Å²) in [6, 6.07) is 54.5. The second-order valence-corrected chi connectivity index (χ2v) is 12.5. The summed E-state index contributed by atoms with van der Waals surface area (Å²) in [5.74, 6) is 0. The van der Waals surface area contributed by atoms with Crippen molar-refractivity contribution in [2.75, 3.05) is 4.90 Å². The molecule has 1 heterocycles. The lowest BCUT2D eigenvalue weighted by molar-refractivity contribution is 0.669. The number of nitrogens with zero attached hydrogens (tertiary/aromatic N) is 1. The van der Waals surface area contributed by atoms with E-state index in [0.717, 1.165) is 45.4 Å². The summed E-state index contributed by atoms with van der Waals surface area (Å²) in [5.41, 5.74) is 18.2. The Morgan fingerprint density at radius 2 is 1.13 bits per heavy atom. The average molecular weight is 604 g/mol. The van der Waals surface area contributed by atoms with Crippen LogP contribution < -0.4 is 4.90 Å². The van der Waals surface area contributed by atoms with Crippen LogP contribution in [0, 0.1) is 13.8 Å². The molecule has 0 spiro atoms. The van der Waals surface area contributed by atoms with Gasteiger partial charge in [-0.05, 0) is 113 Å². The lowest BCUT2D eigenvalue weighted by Gasteiger charge is -2.30. The number of hydrogen-bond donors (Lipinski definition) is 0. The maximum absolute atomic E-state index is 6.48. The summed E-state index contributed by atoms with van der Waals surface area (Å²) in [6.07, 6.45) is 0.922. The zero-order chi connectivity index (χ0) is 31.5. The summed E-state index contributed by atoms with van der Waals surface area (Å²) in [6.45, 7) is 4.55. The minimum Gasteiger partial charge on any atom is -0.456 e. The highest BCUT2D eigenvalue weighted by Gasteiger charge is 2.28. The van der Waals surface area contributed by atoms with Crippen LogP contribution in [0.1, 0.15) is 22.3 Å². The van der Waals surface area contributed by atoms with Crippen LogP contribution in [0.15, 0.2) is 156 Å². The number of hydrogen-bond acceptors (Lipinski definition) is 2. The lowest BCUT2D eigenvalue weighted by Crippen LogP contribution is -2.12. The number of aryl methyl sites for hydroxylation is 1. The van der Waals surface area contributed by atoms with Gasteiger partial charge in [-0.3, -0.25) is 0 Å². The van der Waals surface area contributed by atoms with Crippen LogP contribution in [0.5, 0.6) is 0 Å². The summed E-state index contributed by atoms with van der Waals surface area (Å²) < 4.78 is 6.48. The third kappa shape index (κ3) is 4.33. The molecular formula is C45H33NO. The Kier molecular flexibility index (Phi) is 6.36. The summed E-state index contributed by atoms with van der Waals surface area (Å²) in [4.78, 5) is 2.40. The molecule has 1 aliphatic carbocycles. The minimum absolute atomic E-state index is 0.897. The number of benzene rings is 7. The number of fused-ring (bicyclic) bond motifs is 6. The van der Waals surface area contributed by atoms with E-state index in [0.29, 0.717) is 0 Å². The molecule has 224 valence electrons. The minimum atomic E-state index is 0.897. The highest BCUT2D eigenvalue weighted by Crippen LogP contribution is 2.52. The molecule has 0 bridgehead atoms. The van der Waals surface area contributed by atoms with Crippen molar-refractivity contribution in [3.8, 4) is 33.4 Å². The molecule has 0 amide bonds. The molecular weight excluding hydrogens is 571 g/mol. The Balaban J connectivity index is 1.43.